The molecule has 0 aromatic heterocycles. The quantitative estimate of drug-likeness (QED) is 0.472. The van der Waals surface area contributed by atoms with Crippen LogP contribution in [0.25, 0.3) is 0 Å². The van der Waals surface area contributed by atoms with Crippen molar-refractivity contribution in [3.63, 3.8) is 0 Å². The molecule has 0 saturated heterocycles. The second kappa shape index (κ2) is 10.0. The van der Waals surface area contributed by atoms with Gasteiger partial charge in [0.05, 0.1) is 30.3 Å². The van der Waals surface area contributed by atoms with Crippen molar-refractivity contribution in [2.75, 3.05) is 13.7 Å². The summed E-state index contributed by atoms with van der Waals surface area (Å²) in [6.07, 6.45) is 2.27. The SMILES string of the molecule is COC(C)(C)CCOC(C)(C)CCC(C)C(=O)Oc1ccc(CO)cc1. The molecule has 0 aliphatic carbocycles. The molecule has 1 aromatic rings. The van der Waals surface area contributed by atoms with Crippen LogP contribution in [-0.4, -0.2) is 36.0 Å². The van der Waals surface area contributed by atoms with Gasteiger partial charge < -0.3 is 19.3 Å². The van der Waals surface area contributed by atoms with Gasteiger partial charge in [0.15, 0.2) is 0 Å². The van der Waals surface area contributed by atoms with Crippen LogP contribution in [0.15, 0.2) is 24.3 Å². The molecule has 0 spiro atoms. The van der Waals surface area contributed by atoms with Crippen molar-refractivity contribution >= 4 is 5.97 Å². The fourth-order valence-corrected chi connectivity index (χ4v) is 2.31. The maximum Gasteiger partial charge on any atom is 0.314 e. The summed E-state index contributed by atoms with van der Waals surface area (Å²) in [7, 11) is 1.70. The third-order valence-corrected chi connectivity index (χ3v) is 4.66. The number of methoxy groups -OCH3 is 1. The van der Waals surface area contributed by atoms with Gasteiger partial charge in [0.2, 0.25) is 0 Å². The number of hydrogen-bond acceptors (Lipinski definition) is 5. The molecule has 0 radical (unpaired) electrons. The third kappa shape index (κ3) is 8.30. The molecule has 0 amide bonds. The van der Waals surface area contributed by atoms with Crippen LogP contribution in [0.2, 0.25) is 0 Å². The van der Waals surface area contributed by atoms with Crippen LogP contribution in [0.5, 0.6) is 5.75 Å². The van der Waals surface area contributed by atoms with Crippen LogP contribution in [0.1, 0.15) is 59.4 Å². The Morgan fingerprint density at radius 2 is 1.69 bits per heavy atom. The Hall–Kier alpha value is -1.43. The number of esters is 1. The largest absolute Gasteiger partial charge is 0.426 e. The molecular weight excluding hydrogens is 332 g/mol. The Bertz CT molecular complexity index is 548. The minimum Gasteiger partial charge on any atom is -0.426 e. The van der Waals surface area contributed by atoms with E-state index in [-0.39, 0.29) is 29.7 Å². The summed E-state index contributed by atoms with van der Waals surface area (Å²) in [4.78, 5) is 12.2. The molecule has 0 heterocycles. The van der Waals surface area contributed by atoms with E-state index in [1.54, 1.807) is 31.4 Å². The summed E-state index contributed by atoms with van der Waals surface area (Å²) in [6, 6.07) is 6.87. The van der Waals surface area contributed by atoms with E-state index < -0.39 is 0 Å². The van der Waals surface area contributed by atoms with Crippen LogP contribution in [0.3, 0.4) is 0 Å². The molecule has 0 aliphatic heterocycles. The molecular formula is C21H34O5. The predicted molar refractivity (Wildman–Crippen MR) is 102 cm³/mol. The highest BCUT2D eigenvalue weighted by atomic mass is 16.5. The van der Waals surface area contributed by atoms with Gasteiger partial charge in [0.25, 0.3) is 0 Å². The average molecular weight is 366 g/mol. The number of ether oxygens (including phenoxy) is 3. The van der Waals surface area contributed by atoms with E-state index in [4.69, 9.17) is 19.3 Å². The number of carbonyl (C=O) groups excluding carboxylic acids is 1. The topological polar surface area (TPSA) is 65.0 Å². The lowest BCUT2D eigenvalue weighted by Crippen LogP contribution is -2.31. The van der Waals surface area contributed by atoms with Gasteiger partial charge in [0.1, 0.15) is 5.75 Å². The standard InChI is InChI=1S/C21H34O5/c1-16(19(23)26-18-9-7-17(15-22)8-10-18)11-12-21(4,5)25-14-13-20(2,3)24-6/h7-10,16,22H,11-15H2,1-6H3. The zero-order chi connectivity index (χ0) is 19.8. The molecule has 5 heteroatoms. The van der Waals surface area contributed by atoms with Crippen LogP contribution < -0.4 is 4.74 Å². The highest BCUT2D eigenvalue weighted by Crippen LogP contribution is 2.23. The zero-order valence-electron chi connectivity index (χ0n) is 17.0. The summed E-state index contributed by atoms with van der Waals surface area (Å²) in [5.74, 6) is 0.0280. The molecule has 0 bridgehead atoms. The summed E-state index contributed by atoms with van der Waals surface area (Å²) < 4.78 is 16.8. The van der Waals surface area contributed by atoms with Crippen molar-refractivity contribution in [3.05, 3.63) is 29.8 Å². The van der Waals surface area contributed by atoms with Crippen molar-refractivity contribution in [1.82, 2.24) is 0 Å². The van der Waals surface area contributed by atoms with Crippen LogP contribution in [0.4, 0.5) is 0 Å². The van der Waals surface area contributed by atoms with Crippen LogP contribution in [-0.2, 0) is 20.9 Å². The van der Waals surface area contributed by atoms with E-state index in [0.717, 1.165) is 18.4 Å². The van der Waals surface area contributed by atoms with Gasteiger partial charge >= 0.3 is 5.97 Å². The van der Waals surface area contributed by atoms with Crippen molar-refractivity contribution in [3.8, 4) is 5.75 Å². The number of aliphatic hydroxyl groups excluding tert-OH is 1. The second-order valence-corrected chi connectivity index (χ2v) is 7.98. The lowest BCUT2D eigenvalue weighted by molar-refractivity contribution is -0.139. The molecule has 1 N–H and O–H groups in total. The van der Waals surface area contributed by atoms with E-state index in [0.29, 0.717) is 18.8 Å². The number of hydrogen-bond donors (Lipinski definition) is 1. The van der Waals surface area contributed by atoms with E-state index >= 15 is 0 Å². The van der Waals surface area contributed by atoms with Gasteiger partial charge in [-0.05, 0) is 64.7 Å². The first kappa shape index (κ1) is 22.6. The van der Waals surface area contributed by atoms with Gasteiger partial charge in [-0.1, -0.05) is 19.1 Å². The van der Waals surface area contributed by atoms with Crippen molar-refractivity contribution in [2.45, 2.75) is 71.7 Å². The van der Waals surface area contributed by atoms with Gasteiger partial charge in [-0.3, -0.25) is 4.79 Å². The van der Waals surface area contributed by atoms with Gasteiger partial charge in [-0.15, -0.1) is 0 Å². The van der Waals surface area contributed by atoms with E-state index in [1.807, 2.05) is 34.6 Å². The molecule has 148 valence electrons. The zero-order valence-corrected chi connectivity index (χ0v) is 17.0. The first-order chi connectivity index (χ1) is 12.1. The fraction of sp³-hybridized carbons (Fsp3) is 0.667. The Labute approximate surface area is 157 Å². The van der Waals surface area contributed by atoms with Crippen molar-refractivity contribution in [1.29, 1.82) is 0 Å². The molecule has 5 nitrogen and oxygen atoms in total. The summed E-state index contributed by atoms with van der Waals surface area (Å²) in [6.45, 7) is 10.6. The number of benzene rings is 1. The molecule has 1 atom stereocenters. The molecule has 1 rings (SSSR count). The Kier molecular flexibility index (Phi) is 8.74. The number of aliphatic hydroxyl groups is 1. The maximum atomic E-state index is 12.2. The van der Waals surface area contributed by atoms with E-state index in [9.17, 15) is 4.79 Å². The first-order valence-electron chi connectivity index (χ1n) is 9.19. The third-order valence-electron chi connectivity index (χ3n) is 4.66. The van der Waals surface area contributed by atoms with Gasteiger partial charge in [-0.2, -0.15) is 0 Å². The van der Waals surface area contributed by atoms with Gasteiger partial charge in [0, 0.05) is 7.11 Å². The highest BCUT2D eigenvalue weighted by molar-refractivity contribution is 5.74. The van der Waals surface area contributed by atoms with Gasteiger partial charge in [-0.25, -0.2) is 0 Å². The monoisotopic (exact) mass is 366 g/mol. The molecule has 0 saturated carbocycles. The predicted octanol–water partition coefficient (Wildman–Crippen LogP) is 4.11. The number of carbonyl (C=O) groups is 1. The van der Waals surface area contributed by atoms with E-state index in [1.165, 1.54) is 0 Å². The minimum atomic E-state index is -0.304. The highest BCUT2D eigenvalue weighted by Gasteiger charge is 2.24. The molecule has 26 heavy (non-hydrogen) atoms. The Morgan fingerprint density at radius 1 is 1.08 bits per heavy atom. The van der Waals surface area contributed by atoms with Crippen molar-refractivity contribution < 1.29 is 24.1 Å². The van der Waals surface area contributed by atoms with Crippen LogP contribution >= 0.6 is 0 Å². The maximum absolute atomic E-state index is 12.2. The van der Waals surface area contributed by atoms with Crippen molar-refractivity contribution in [2.24, 2.45) is 5.92 Å². The first-order valence-corrected chi connectivity index (χ1v) is 9.19. The normalized spacial score (nSPS) is 13.5. The molecule has 0 aliphatic rings. The molecule has 1 aromatic carbocycles. The minimum absolute atomic E-state index is 0.0265. The van der Waals surface area contributed by atoms with Crippen LogP contribution in [0, 0.1) is 5.92 Å². The Morgan fingerprint density at radius 3 is 2.23 bits per heavy atom. The lowest BCUT2D eigenvalue weighted by atomic mass is 9.95. The smallest absolute Gasteiger partial charge is 0.314 e. The van der Waals surface area contributed by atoms with E-state index in [2.05, 4.69) is 0 Å². The summed E-state index contributed by atoms with van der Waals surface area (Å²) in [5, 5.41) is 9.04. The molecule has 0 fully saturated rings. The number of rotatable bonds is 11. The average Bonchev–Trinajstić information content (AvgIpc) is 2.60. The molecule has 1 unspecified atom stereocenters. The summed E-state index contributed by atoms with van der Waals surface area (Å²) in [5.41, 5.74) is 0.285. The Balaban J connectivity index is 2.40. The lowest BCUT2D eigenvalue weighted by Gasteiger charge is -2.29. The second-order valence-electron chi connectivity index (χ2n) is 7.98. The fourth-order valence-electron chi connectivity index (χ4n) is 2.31. The summed E-state index contributed by atoms with van der Waals surface area (Å²) >= 11 is 0.